The van der Waals surface area contributed by atoms with Crippen LogP contribution in [0.15, 0.2) is 165 Å². The zero-order valence-corrected chi connectivity index (χ0v) is 34.3. The van der Waals surface area contributed by atoms with E-state index in [9.17, 15) is 0 Å². The Morgan fingerprint density at radius 3 is 1.07 bits per heavy atom. The van der Waals surface area contributed by atoms with Gasteiger partial charge < -0.3 is 9.97 Å². The highest BCUT2D eigenvalue weighted by atomic mass is 14.8. The van der Waals surface area contributed by atoms with E-state index in [0.29, 0.717) is 0 Å². The lowest BCUT2D eigenvalue weighted by Crippen LogP contribution is -2.24. The van der Waals surface area contributed by atoms with Crippen LogP contribution < -0.4 is 0 Å². The fraction of sp³-hybridized carbons (Fsp3) is 0.107. The van der Waals surface area contributed by atoms with E-state index >= 15 is 0 Å². The summed E-state index contributed by atoms with van der Waals surface area (Å²) >= 11 is 0. The molecule has 5 heterocycles. The van der Waals surface area contributed by atoms with Crippen molar-refractivity contribution in [2.45, 2.75) is 38.5 Å². The van der Waals surface area contributed by atoms with E-state index in [0.717, 1.165) is 109 Å². The van der Waals surface area contributed by atoms with E-state index in [1.165, 1.54) is 16.7 Å². The average molecular weight is 777 g/mol. The van der Waals surface area contributed by atoms with Gasteiger partial charge >= 0.3 is 0 Å². The zero-order chi connectivity index (χ0) is 41.2. The molecule has 60 heavy (non-hydrogen) atoms. The van der Waals surface area contributed by atoms with Gasteiger partial charge in [-0.25, -0.2) is 9.97 Å². The molecular weight excluding hydrogens is 729 g/mol. The Morgan fingerprint density at radius 2 is 0.733 bits per heavy atom. The topological polar surface area (TPSA) is 57.4 Å². The van der Waals surface area contributed by atoms with Gasteiger partial charge in [0.1, 0.15) is 0 Å². The third-order valence-corrected chi connectivity index (χ3v) is 11.9. The Bertz CT molecular complexity index is 2920. The molecule has 0 radical (unpaired) electrons. The summed E-state index contributed by atoms with van der Waals surface area (Å²) in [6.45, 7) is 16.6. The number of rotatable bonds is 11. The zero-order valence-electron chi connectivity index (χ0n) is 34.3. The number of hydrogen-bond acceptors (Lipinski definition) is 2. The molecule has 0 spiro atoms. The first-order chi connectivity index (χ1) is 29.4. The van der Waals surface area contributed by atoms with Gasteiger partial charge in [0.15, 0.2) is 0 Å². The molecule has 3 aromatic heterocycles. The van der Waals surface area contributed by atoms with Crippen molar-refractivity contribution in [1.82, 2.24) is 19.9 Å². The molecule has 2 aliphatic heterocycles. The number of nitrogens with zero attached hydrogens (tertiary/aromatic N) is 2. The van der Waals surface area contributed by atoms with Gasteiger partial charge in [-0.2, -0.15) is 0 Å². The van der Waals surface area contributed by atoms with E-state index in [2.05, 4.69) is 195 Å². The van der Waals surface area contributed by atoms with Gasteiger partial charge in [0.05, 0.1) is 22.8 Å². The molecule has 4 aromatic carbocycles. The maximum atomic E-state index is 5.50. The molecule has 4 nitrogen and oxygen atoms in total. The second kappa shape index (κ2) is 16.2. The second-order valence-corrected chi connectivity index (χ2v) is 15.9. The number of H-pyrrole nitrogens is 2. The number of nitrogens with one attached hydrogen (secondary N) is 2. The van der Waals surface area contributed by atoms with Crippen LogP contribution in [0.25, 0.3) is 90.9 Å². The smallest absolute Gasteiger partial charge is 0.0737 e. The number of fused-ring (bicyclic) bond motifs is 8. The summed E-state index contributed by atoms with van der Waals surface area (Å²) in [4.78, 5) is 18.7. The minimum atomic E-state index is -0.159. The summed E-state index contributed by atoms with van der Waals surface area (Å²) in [5, 5.41) is 0. The Balaban J connectivity index is 1.40. The fourth-order valence-corrected chi connectivity index (χ4v) is 8.89. The molecule has 2 N–H and O–H groups in total. The van der Waals surface area contributed by atoms with Crippen molar-refractivity contribution in [1.29, 1.82) is 0 Å². The average Bonchev–Trinajstić information content (AvgIpc) is 4.11. The maximum Gasteiger partial charge on any atom is 0.0737 e. The molecule has 9 rings (SSSR count). The van der Waals surface area contributed by atoms with Crippen LogP contribution in [0.3, 0.4) is 0 Å². The number of aromatic amines is 2. The molecule has 0 atom stereocenters. The monoisotopic (exact) mass is 776 g/mol. The van der Waals surface area contributed by atoms with Crippen molar-refractivity contribution < 1.29 is 0 Å². The molecule has 4 heteroatoms. The molecule has 0 saturated carbocycles. The highest BCUT2D eigenvalue weighted by Gasteiger charge is 2.29. The molecule has 0 saturated heterocycles. The van der Waals surface area contributed by atoms with Crippen molar-refractivity contribution in [3.8, 4) is 44.5 Å². The lowest BCUT2D eigenvalue weighted by molar-refractivity contribution is 0.442. The van der Waals surface area contributed by atoms with Crippen LogP contribution in [-0.4, -0.2) is 19.9 Å². The first-order valence-electron chi connectivity index (χ1n) is 20.7. The number of aryl methyl sites for hydroxylation is 2. The van der Waals surface area contributed by atoms with Crippen LogP contribution in [0.4, 0.5) is 0 Å². The van der Waals surface area contributed by atoms with E-state index in [4.69, 9.17) is 9.97 Å². The van der Waals surface area contributed by atoms with Gasteiger partial charge in [-0.15, -0.1) is 19.7 Å². The first-order valence-corrected chi connectivity index (χ1v) is 20.7. The third kappa shape index (κ3) is 7.11. The Hall–Kier alpha value is -7.30. The molecule has 7 aromatic rings. The molecule has 2 aliphatic rings. The van der Waals surface area contributed by atoms with Crippen molar-refractivity contribution in [3.05, 3.63) is 205 Å². The lowest BCUT2D eigenvalue weighted by atomic mass is 9.72. The number of benzene rings is 4. The summed E-state index contributed by atoms with van der Waals surface area (Å²) in [5.41, 5.74) is 19.4. The summed E-state index contributed by atoms with van der Waals surface area (Å²) in [6, 6.07) is 45.7. The van der Waals surface area contributed by atoms with Crippen molar-refractivity contribution in [2.75, 3.05) is 0 Å². The first kappa shape index (κ1) is 38.2. The maximum absolute atomic E-state index is 5.50. The second-order valence-electron chi connectivity index (χ2n) is 15.9. The van der Waals surface area contributed by atoms with Crippen molar-refractivity contribution in [2.24, 2.45) is 0 Å². The van der Waals surface area contributed by atoms with Gasteiger partial charge in [-0.05, 0) is 109 Å². The summed E-state index contributed by atoms with van der Waals surface area (Å²) in [5.74, 6) is 0. The molecule has 8 bridgehead atoms. The van der Waals surface area contributed by atoms with E-state index in [1.54, 1.807) is 0 Å². The summed E-state index contributed by atoms with van der Waals surface area (Å²) in [6.07, 6.45) is 17.1. The summed E-state index contributed by atoms with van der Waals surface area (Å²) < 4.78 is 0. The van der Waals surface area contributed by atoms with Crippen LogP contribution in [-0.2, 0) is 5.41 Å². The molecule has 0 amide bonds. The van der Waals surface area contributed by atoms with Gasteiger partial charge in [-0.3, -0.25) is 0 Å². The SMILES string of the molecule is C=CCC(CC=C)(CC=C)c1ccc(-c2c3nc(c(-c4ccc(C)cc4)c4ccc([nH]4)c(-c4ccccc4)c4nc(c(-c5ccc(C)cc5)c5ccc2[nH]5)C=C4)C=C3)cc1. The third-order valence-electron chi connectivity index (χ3n) is 11.9. The van der Waals surface area contributed by atoms with Crippen LogP contribution >= 0.6 is 0 Å². The fourth-order valence-electron chi connectivity index (χ4n) is 8.89. The predicted octanol–water partition coefficient (Wildman–Crippen LogP) is 14.9. The molecule has 0 unspecified atom stereocenters. The van der Waals surface area contributed by atoms with Gasteiger partial charge in [-0.1, -0.05) is 132 Å². The van der Waals surface area contributed by atoms with Crippen LogP contribution in [0.2, 0.25) is 0 Å². The quantitative estimate of drug-likeness (QED) is 0.129. The normalized spacial score (nSPS) is 12.1. The number of hydrogen-bond donors (Lipinski definition) is 2. The number of allylic oxidation sites excluding steroid dienone is 3. The number of aromatic nitrogens is 4. The van der Waals surface area contributed by atoms with Crippen LogP contribution in [0, 0.1) is 13.8 Å². The minimum Gasteiger partial charge on any atom is -0.354 e. The molecular formula is C56H48N4. The standard InChI is InChI=1S/C56H48N4/c1-6-34-56(35-7-2,36-8-3)43-24-22-42(23-25-43)55-50-32-30-48(59-50)53(40-18-14-37(4)15-19-40)46-28-26-44(57-46)52(39-12-10-9-11-13-39)45-27-29-47(58-45)54(49-31-33-51(55)60-49)41-20-16-38(5)17-21-41/h6-33,57,60H,1-3,34-36H2,4-5H3. The lowest BCUT2D eigenvalue weighted by Gasteiger charge is -2.32. The molecule has 0 aliphatic carbocycles. The Labute approximate surface area is 352 Å². The van der Waals surface area contributed by atoms with E-state index < -0.39 is 0 Å². The van der Waals surface area contributed by atoms with E-state index in [1.807, 2.05) is 18.2 Å². The van der Waals surface area contributed by atoms with Crippen LogP contribution in [0.5, 0.6) is 0 Å². The van der Waals surface area contributed by atoms with Gasteiger partial charge in [0.25, 0.3) is 0 Å². The highest BCUT2D eigenvalue weighted by molar-refractivity contribution is 5.99. The molecule has 0 fully saturated rings. The highest BCUT2D eigenvalue weighted by Crippen LogP contribution is 2.41. The van der Waals surface area contributed by atoms with Crippen molar-refractivity contribution in [3.63, 3.8) is 0 Å². The Kier molecular flexibility index (Phi) is 10.3. The van der Waals surface area contributed by atoms with Gasteiger partial charge in [0.2, 0.25) is 0 Å². The van der Waals surface area contributed by atoms with Crippen molar-refractivity contribution >= 4 is 46.4 Å². The molecule has 292 valence electrons. The minimum absolute atomic E-state index is 0.159. The van der Waals surface area contributed by atoms with Gasteiger partial charge in [0, 0.05) is 49.7 Å². The predicted molar refractivity (Wildman–Crippen MR) is 256 cm³/mol. The summed E-state index contributed by atoms with van der Waals surface area (Å²) in [7, 11) is 0. The Morgan fingerprint density at radius 1 is 0.417 bits per heavy atom. The van der Waals surface area contributed by atoms with Crippen LogP contribution in [0.1, 0.15) is 58.7 Å². The largest absolute Gasteiger partial charge is 0.354 e. The van der Waals surface area contributed by atoms with E-state index in [-0.39, 0.29) is 5.41 Å².